The van der Waals surface area contributed by atoms with E-state index in [9.17, 15) is 34.2 Å². The Hall–Kier alpha value is -3.52. The molecule has 4 amide bonds. The average molecular weight is 484 g/mol. The molecule has 4 unspecified atom stereocenters. The minimum atomic E-state index is -1.45. The third kappa shape index (κ3) is 9.95. The monoisotopic (exact) mass is 483 g/mol. The van der Waals surface area contributed by atoms with Gasteiger partial charge in [-0.1, -0.05) is 13.8 Å². The number of nitrogens with two attached hydrogens (primary N) is 2. The number of primary amides is 1. The van der Waals surface area contributed by atoms with Gasteiger partial charge in [0.25, 0.3) is 0 Å². The number of aliphatic hydroxyl groups excluding tert-OH is 1. The number of nitrogens with zero attached hydrogens (tertiary/aromatic N) is 1. The first-order valence-corrected chi connectivity index (χ1v) is 10.7. The van der Waals surface area contributed by atoms with Crippen LogP contribution in [0.4, 0.5) is 0 Å². The van der Waals surface area contributed by atoms with E-state index in [0.29, 0.717) is 5.69 Å². The van der Waals surface area contributed by atoms with Gasteiger partial charge >= 0.3 is 5.97 Å². The van der Waals surface area contributed by atoms with E-state index in [2.05, 4.69) is 25.9 Å². The maximum atomic E-state index is 12.9. The lowest BCUT2D eigenvalue weighted by molar-refractivity contribution is -0.142. The number of carbonyl (C=O) groups is 5. The number of hydrogen-bond acceptors (Lipinski definition) is 8. The lowest BCUT2D eigenvalue weighted by Gasteiger charge is -2.24. The van der Waals surface area contributed by atoms with E-state index in [4.69, 9.17) is 11.5 Å². The number of aromatic amines is 1. The highest BCUT2D eigenvalue weighted by atomic mass is 16.4. The topological polar surface area (TPSA) is 243 Å². The lowest BCUT2D eigenvalue weighted by Crippen LogP contribution is -2.58. The molecule has 0 aliphatic carbocycles. The third-order valence-corrected chi connectivity index (χ3v) is 4.79. The molecular weight excluding hydrogens is 450 g/mol. The molecule has 1 aromatic rings. The summed E-state index contributed by atoms with van der Waals surface area (Å²) in [7, 11) is 0. The summed E-state index contributed by atoms with van der Waals surface area (Å²) in [6.45, 7) is 2.80. The molecule has 0 bridgehead atoms. The van der Waals surface area contributed by atoms with Gasteiger partial charge in [0.2, 0.25) is 23.6 Å². The van der Waals surface area contributed by atoms with Crippen LogP contribution in [-0.4, -0.2) is 80.6 Å². The molecule has 14 heteroatoms. The number of hydrogen-bond donors (Lipinski definition) is 8. The van der Waals surface area contributed by atoms with Crippen LogP contribution in [0.15, 0.2) is 12.5 Å². The van der Waals surface area contributed by atoms with Crippen LogP contribution in [0.5, 0.6) is 0 Å². The van der Waals surface area contributed by atoms with Gasteiger partial charge in [-0.05, 0) is 18.8 Å². The molecule has 0 aliphatic rings. The van der Waals surface area contributed by atoms with Crippen molar-refractivity contribution in [2.24, 2.45) is 17.4 Å². The predicted molar refractivity (Wildman–Crippen MR) is 119 cm³/mol. The van der Waals surface area contributed by atoms with Crippen molar-refractivity contribution in [3.8, 4) is 0 Å². The van der Waals surface area contributed by atoms with Gasteiger partial charge in [0.05, 0.1) is 19.0 Å². The number of aliphatic hydroxyl groups is 1. The number of aromatic nitrogens is 2. The van der Waals surface area contributed by atoms with Gasteiger partial charge < -0.3 is 42.6 Å². The molecule has 0 radical (unpaired) electrons. The zero-order valence-corrected chi connectivity index (χ0v) is 19.1. The van der Waals surface area contributed by atoms with Crippen LogP contribution in [0.1, 0.15) is 38.8 Å². The molecule has 1 aromatic heterocycles. The van der Waals surface area contributed by atoms with Crippen molar-refractivity contribution in [1.82, 2.24) is 25.9 Å². The second-order valence-electron chi connectivity index (χ2n) is 8.23. The number of nitrogens with one attached hydrogen (secondary N) is 4. The summed E-state index contributed by atoms with van der Waals surface area (Å²) >= 11 is 0. The van der Waals surface area contributed by atoms with Gasteiger partial charge in [0.1, 0.15) is 18.1 Å². The molecule has 1 heterocycles. The van der Waals surface area contributed by atoms with E-state index in [-0.39, 0.29) is 31.6 Å². The molecule has 0 saturated carbocycles. The minimum absolute atomic E-state index is 0.0187. The van der Waals surface area contributed by atoms with Crippen molar-refractivity contribution in [3.63, 3.8) is 0 Å². The van der Waals surface area contributed by atoms with Gasteiger partial charge in [0.15, 0.2) is 0 Å². The van der Waals surface area contributed by atoms with Crippen LogP contribution >= 0.6 is 0 Å². The summed E-state index contributed by atoms with van der Waals surface area (Å²) in [5.41, 5.74) is 11.2. The summed E-state index contributed by atoms with van der Waals surface area (Å²) in [6, 6.07) is -5.01. The van der Waals surface area contributed by atoms with Gasteiger partial charge in [-0.3, -0.25) is 19.2 Å². The number of carboxylic acids is 1. The van der Waals surface area contributed by atoms with Gasteiger partial charge in [-0.15, -0.1) is 0 Å². The average Bonchev–Trinajstić information content (AvgIpc) is 3.27. The molecule has 4 atom stereocenters. The summed E-state index contributed by atoms with van der Waals surface area (Å²) in [5.74, 6) is -4.35. The molecule has 10 N–H and O–H groups in total. The quantitative estimate of drug-likeness (QED) is 0.127. The summed E-state index contributed by atoms with van der Waals surface area (Å²) in [4.78, 5) is 66.8. The first-order valence-electron chi connectivity index (χ1n) is 10.7. The molecule has 0 aliphatic heterocycles. The Morgan fingerprint density at radius 1 is 1.03 bits per heavy atom. The minimum Gasteiger partial charge on any atom is -0.480 e. The Bertz CT molecular complexity index is 844. The standard InChI is InChI=1S/C20H33N7O7/c1-10(2)5-14(20(33)34)26-18(31)13(6-11-7-23-9-24-11)25-19(32)15(8-28)27-17(30)12(21)3-4-16(22)29/h7,9-10,12-15,28H,3-6,8,21H2,1-2H3,(H2,22,29)(H,23,24)(H,25,32)(H,26,31)(H,27,30)(H,33,34). The van der Waals surface area contributed by atoms with Crippen molar-refractivity contribution in [1.29, 1.82) is 0 Å². The fourth-order valence-corrected chi connectivity index (χ4v) is 2.96. The molecule has 0 fully saturated rings. The fraction of sp³-hybridized carbons (Fsp3) is 0.600. The van der Waals surface area contributed by atoms with Crippen LogP contribution in [0.25, 0.3) is 0 Å². The Morgan fingerprint density at radius 3 is 2.12 bits per heavy atom. The first-order chi connectivity index (χ1) is 15.9. The Balaban J connectivity index is 2.92. The zero-order valence-electron chi connectivity index (χ0n) is 19.1. The number of aliphatic carboxylic acids is 1. The van der Waals surface area contributed by atoms with Crippen LogP contribution in [0.2, 0.25) is 0 Å². The second-order valence-corrected chi connectivity index (χ2v) is 8.23. The van der Waals surface area contributed by atoms with Crippen LogP contribution < -0.4 is 27.4 Å². The fourth-order valence-electron chi connectivity index (χ4n) is 2.96. The SMILES string of the molecule is CC(C)CC(NC(=O)C(Cc1cnc[nH]1)NC(=O)C(CO)NC(=O)C(N)CCC(N)=O)C(=O)O. The highest BCUT2D eigenvalue weighted by Crippen LogP contribution is 2.07. The Labute approximate surface area is 196 Å². The Morgan fingerprint density at radius 2 is 1.62 bits per heavy atom. The number of amides is 4. The molecule has 0 aromatic carbocycles. The van der Waals surface area contributed by atoms with E-state index in [1.807, 2.05) is 0 Å². The summed E-state index contributed by atoms with van der Waals surface area (Å²) < 4.78 is 0. The van der Waals surface area contributed by atoms with Gasteiger partial charge in [0, 0.05) is 24.7 Å². The normalized spacial score (nSPS) is 14.5. The van der Waals surface area contributed by atoms with E-state index in [0.717, 1.165) is 0 Å². The summed E-state index contributed by atoms with van der Waals surface area (Å²) in [5, 5.41) is 26.1. The van der Waals surface area contributed by atoms with E-state index >= 15 is 0 Å². The number of carboxylic acid groups (broad SMARTS) is 1. The van der Waals surface area contributed by atoms with Crippen molar-refractivity contribution in [2.45, 2.75) is 63.7 Å². The number of H-pyrrole nitrogens is 1. The van der Waals surface area contributed by atoms with Crippen LogP contribution in [0, 0.1) is 5.92 Å². The smallest absolute Gasteiger partial charge is 0.326 e. The van der Waals surface area contributed by atoms with E-state index in [1.165, 1.54) is 12.5 Å². The largest absolute Gasteiger partial charge is 0.480 e. The lowest BCUT2D eigenvalue weighted by atomic mass is 10.0. The highest BCUT2D eigenvalue weighted by Gasteiger charge is 2.30. The van der Waals surface area contributed by atoms with Crippen molar-refractivity contribution in [2.75, 3.05) is 6.61 Å². The van der Waals surface area contributed by atoms with E-state index in [1.54, 1.807) is 13.8 Å². The van der Waals surface area contributed by atoms with Crippen LogP contribution in [-0.2, 0) is 30.4 Å². The maximum absolute atomic E-state index is 12.9. The Kier molecular flexibility index (Phi) is 11.7. The van der Waals surface area contributed by atoms with Crippen molar-refractivity contribution in [3.05, 3.63) is 18.2 Å². The second kappa shape index (κ2) is 13.9. The molecule has 190 valence electrons. The maximum Gasteiger partial charge on any atom is 0.326 e. The molecule has 14 nitrogen and oxygen atoms in total. The highest BCUT2D eigenvalue weighted by molar-refractivity contribution is 5.94. The molecule has 0 spiro atoms. The number of imidazole rings is 1. The summed E-state index contributed by atoms with van der Waals surface area (Å²) in [6.07, 6.45) is 2.71. The molecule has 0 saturated heterocycles. The number of carbonyl (C=O) groups excluding carboxylic acids is 4. The van der Waals surface area contributed by atoms with Gasteiger partial charge in [-0.2, -0.15) is 0 Å². The molecular formula is C20H33N7O7. The van der Waals surface area contributed by atoms with Gasteiger partial charge in [-0.25, -0.2) is 9.78 Å². The third-order valence-electron chi connectivity index (χ3n) is 4.79. The first kappa shape index (κ1) is 28.5. The molecule has 1 rings (SSSR count). The van der Waals surface area contributed by atoms with Crippen LogP contribution in [0.3, 0.4) is 0 Å². The predicted octanol–water partition coefficient (Wildman–Crippen LogP) is -2.88. The van der Waals surface area contributed by atoms with Crippen molar-refractivity contribution >= 4 is 29.6 Å². The van der Waals surface area contributed by atoms with E-state index < -0.39 is 60.4 Å². The van der Waals surface area contributed by atoms with Crippen molar-refractivity contribution < 1.29 is 34.2 Å². The number of rotatable bonds is 15. The zero-order chi connectivity index (χ0) is 25.8. The molecule has 34 heavy (non-hydrogen) atoms.